The molecule has 0 fully saturated rings. The van der Waals surface area contributed by atoms with Gasteiger partial charge in [0.15, 0.2) is 5.69 Å². The molecule has 10 nitrogen and oxygen atoms in total. The van der Waals surface area contributed by atoms with E-state index < -0.39 is 27.2 Å². The molecule has 0 aromatic heterocycles. The molecule has 0 unspecified atom stereocenters. The summed E-state index contributed by atoms with van der Waals surface area (Å²) in [4.78, 5) is 31.9. The van der Waals surface area contributed by atoms with E-state index in [1.165, 1.54) is 7.11 Å². The Morgan fingerprint density at radius 3 is 2.10 bits per heavy atom. The van der Waals surface area contributed by atoms with Crippen LogP contribution in [0.4, 0.5) is 17.1 Å². The van der Waals surface area contributed by atoms with Gasteiger partial charge in [-0.25, -0.2) is 4.79 Å². The molecule has 21 heavy (non-hydrogen) atoms. The van der Waals surface area contributed by atoms with Crippen LogP contribution in [-0.4, -0.2) is 43.2 Å². The van der Waals surface area contributed by atoms with Crippen molar-refractivity contribution in [1.82, 2.24) is 0 Å². The predicted octanol–water partition coefficient (Wildman–Crippen LogP) is 1.35. The van der Waals surface area contributed by atoms with Gasteiger partial charge in [-0.2, -0.15) is 0 Å². The maximum atomic E-state index is 11.4. The number of hydrogen-bond acceptors (Lipinski definition) is 8. The van der Waals surface area contributed by atoms with E-state index in [1.807, 2.05) is 0 Å². The summed E-state index contributed by atoms with van der Waals surface area (Å²) in [5.41, 5.74) is -1.72. The summed E-state index contributed by atoms with van der Waals surface area (Å²) in [5, 5.41) is 24.7. The highest BCUT2D eigenvalue weighted by atomic mass is 16.6. The fourth-order valence-electron chi connectivity index (χ4n) is 1.59. The second-order valence-corrected chi connectivity index (χ2v) is 3.81. The summed E-state index contributed by atoms with van der Waals surface area (Å²) < 4.78 is 9.19. The average molecular weight is 299 g/mol. The molecule has 0 atom stereocenters. The lowest BCUT2D eigenvalue weighted by atomic mass is 10.1. The SMILES string of the molecule is COCCNc1c([N+](=O)[O-])cc(C(=O)OC)cc1[N+](=O)[O-]. The number of nitrogens with one attached hydrogen (secondary N) is 1. The number of rotatable bonds is 7. The minimum absolute atomic E-state index is 0.135. The molecule has 0 amide bonds. The van der Waals surface area contributed by atoms with Crippen molar-refractivity contribution in [2.24, 2.45) is 0 Å². The number of nitrogens with zero attached hydrogens (tertiary/aromatic N) is 2. The number of methoxy groups -OCH3 is 2. The molecule has 0 spiro atoms. The van der Waals surface area contributed by atoms with E-state index >= 15 is 0 Å². The van der Waals surface area contributed by atoms with E-state index in [2.05, 4.69) is 10.1 Å². The molecule has 1 N–H and O–H groups in total. The van der Waals surface area contributed by atoms with Crippen molar-refractivity contribution in [3.63, 3.8) is 0 Å². The third-order valence-corrected chi connectivity index (χ3v) is 2.52. The maximum Gasteiger partial charge on any atom is 0.338 e. The Labute approximate surface area is 119 Å². The van der Waals surface area contributed by atoms with Gasteiger partial charge in [-0.15, -0.1) is 0 Å². The zero-order chi connectivity index (χ0) is 16.0. The Bertz CT molecular complexity index is 538. The van der Waals surface area contributed by atoms with Crippen LogP contribution >= 0.6 is 0 Å². The lowest BCUT2D eigenvalue weighted by Crippen LogP contribution is -2.12. The Hall–Kier alpha value is -2.75. The van der Waals surface area contributed by atoms with Crippen molar-refractivity contribution >= 4 is 23.0 Å². The number of carbonyl (C=O) groups excluding carboxylic acids is 1. The summed E-state index contributed by atoms with van der Waals surface area (Å²) in [5.74, 6) is -0.898. The zero-order valence-corrected chi connectivity index (χ0v) is 11.3. The highest BCUT2D eigenvalue weighted by Gasteiger charge is 2.28. The van der Waals surface area contributed by atoms with Gasteiger partial charge in [0.1, 0.15) is 0 Å². The third-order valence-electron chi connectivity index (χ3n) is 2.52. The summed E-state index contributed by atoms with van der Waals surface area (Å²) in [6, 6.07) is 1.85. The molecule has 0 heterocycles. The molecule has 114 valence electrons. The minimum Gasteiger partial charge on any atom is -0.465 e. The molecule has 0 saturated heterocycles. The highest BCUT2D eigenvalue weighted by molar-refractivity contribution is 5.93. The number of carbonyl (C=O) groups is 1. The first-order valence-corrected chi connectivity index (χ1v) is 5.70. The van der Waals surface area contributed by atoms with Gasteiger partial charge in [0.25, 0.3) is 11.4 Å². The van der Waals surface area contributed by atoms with Crippen molar-refractivity contribution < 1.29 is 24.1 Å². The maximum absolute atomic E-state index is 11.4. The molecule has 0 aliphatic carbocycles. The topological polar surface area (TPSA) is 134 Å². The van der Waals surface area contributed by atoms with Crippen LogP contribution in [0.1, 0.15) is 10.4 Å². The Kier molecular flexibility index (Phi) is 5.55. The molecule has 1 aromatic rings. The molecule has 0 bridgehead atoms. The number of nitro groups is 2. The van der Waals surface area contributed by atoms with E-state index in [0.29, 0.717) is 0 Å². The zero-order valence-electron chi connectivity index (χ0n) is 11.3. The second-order valence-electron chi connectivity index (χ2n) is 3.81. The van der Waals surface area contributed by atoms with Gasteiger partial charge in [-0.1, -0.05) is 0 Å². The van der Waals surface area contributed by atoms with Crippen LogP contribution in [0.25, 0.3) is 0 Å². The quantitative estimate of drug-likeness (QED) is 0.345. The van der Waals surface area contributed by atoms with Gasteiger partial charge in [-0.3, -0.25) is 20.2 Å². The first-order valence-electron chi connectivity index (χ1n) is 5.70. The summed E-state index contributed by atoms with van der Waals surface area (Å²) in [6.45, 7) is 0.336. The standard InChI is InChI=1S/C11H13N3O7/c1-20-4-3-12-10-8(13(16)17)5-7(11(15)21-2)6-9(10)14(18)19/h5-6,12H,3-4H2,1-2H3. The van der Waals surface area contributed by atoms with Crippen LogP contribution in [-0.2, 0) is 9.47 Å². The predicted molar refractivity (Wildman–Crippen MR) is 71.5 cm³/mol. The fourth-order valence-corrected chi connectivity index (χ4v) is 1.59. The summed E-state index contributed by atoms with van der Waals surface area (Å²) in [6.07, 6.45) is 0. The van der Waals surface area contributed by atoms with Crippen molar-refractivity contribution in [2.45, 2.75) is 0 Å². The largest absolute Gasteiger partial charge is 0.465 e. The second kappa shape index (κ2) is 7.14. The Morgan fingerprint density at radius 1 is 1.19 bits per heavy atom. The Balaban J connectivity index is 3.40. The van der Waals surface area contributed by atoms with E-state index in [4.69, 9.17) is 4.74 Å². The monoisotopic (exact) mass is 299 g/mol. The minimum atomic E-state index is -0.898. The number of benzene rings is 1. The van der Waals surface area contributed by atoms with Crippen LogP contribution in [0, 0.1) is 20.2 Å². The fraction of sp³-hybridized carbons (Fsp3) is 0.364. The molecule has 1 rings (SSSR count). The molecule has 0 aliphatic heterocycles. The Morgan fingerprint density at radius 2 is 1.71 bits per heavy atom. The lowest BCUT2D eigenvalue weighted by Gasteiger charge is -2.08. The van der Waals surface area contributed by atoms with Gasteiger partial charge in [-0.05, 0) is 0 Å². The molecule has 1 aromatic carbocycles. The van der Waals surface area contributed by atoms with E-state index in [1.54, 1.807) is 0 Å². The van der Waals surface area contributed by atoms with Crippen LogP contribution < -0.4 is 5.32 Å². The molecule has 0 radical (unpaired) electrons. The third kappa shape index (κ3) is 3.86. The first-order chi connectivity index (χ1) is 9.92. The van der Waals surface area contributed by atoms with Gasteiger partial charge >= 0.3 is 5.97 Å². The van der Waals surface area contributed by atoms with E-state index in [0.717, 1.165) is 19.2 Å². The van der Waals surface area contributed by atoms with Crippen LogP contribution in [0.2, 0.25) is 0 Å². The summed E-state index contributed by atoms with van der Waals surface area (Å²) in [7, 11) is 2.50. The number of anilines is 1. The molecule has 0 saturated carbocycles. The molecule has 10 heteroatoms. The van der Waals surface area contributed by atoms with Crippen LogP contribution in [0.3, 0.4) is 0 Å². The van der Waals surface area contributed by atoms with Crippen molar-refractivity contribution in [3.8, 4) is 0 Å². The van der Waals surface area contributed by atoms with E-state index in [-0.39, 0.29) is 24.4 Å². The van der Waals surface area contributed by atoms with Crippen LogP contribution in [0.5, 0.6) is 0 Å². The van der Waals surface area contributed by atoms with Gasteiger partial charge in [0, 0.05) is 25.8 Å². The average Bonchev–Trinajstić information content (AvgIpc) is 2.45. The van der Waals surface area contributed by atoms with Crippen molar-refractivity contribution in [3.05, 3.63) is 37.9 Å². The van der Waals surface area contributed by atoms with E-state index in [9.17, 15) is 25.0 Å². The number of ether oxygens (including phenoxy) is 2. The first kappa shape index (κ1) is 16.3. The molecular weight excluding hydrogens is 286 g/mol. The van der Waals surface area contributed by atoms with Gasteiger partial charge in [0.2, 0.25) is 0 Å². The lowest BCUT2D eigenvalue weighted by molar-refractivity contribution is -0.392. The van der Waals surface area contributed by atoms with Crippen molar-refractivity contribution in [1.29, 1.82) is 0 Å². The normalized spacial score (nSPS) is 10.0. The molecular formula is C11H13N3O7. The van der Waals surface area contributed by atoms with Crippen LogP contribution in [0.15, 0.2) is 12.1 Å². The number of hydrogen-bond donors (Lipinski definition) is 1. The number of esters is 1. The van der Waals surface area contributed by atoms with Gasteiger partial charge < -0.3 is 14.8 Å². The van der Waals surface area contributed by atoms with Gasteiger partial charge in [0.05, 0.1) is 29.1 Å². The van der Waals surface area contributed by atoms with Crippen molar-refractivity contribution in [2.75, 3.05) is 32.7 Å². The smallest absolute Gasteiger partial charge is 0.338 e. The molecule has 0 aliphatic rings. The number of nitro benzene ring substituents is 2. The highest BCUT2D eigenvalue weighted by Crippen LogP contribution is 2.35. The summed E-state index contributed by atoms with van der Waals surface area (Å²) >= 11 is 0.